The Morgan fingerprint density at radius 3 is 2.17 bits per heavy atom. The number of aromatic nitrogens is 1. The minimum atomic E-state index is -5.05. The van der Waals surface area contributed by atoms with Gasteiger partial charge in [0.2, 0.25) is 0 Å². The smallest absolute Gasteiger partial charge is 0.433 e. The van der Waals surface area contributed by atoms with E-state index in [9.17, 15) is 37.8 Å². The summed E-state index contributed by atoms with van der Waals surface area (Å²) in [6, 6.07) is -0.852. The molecule has 14 heteroatoms. The van der Waals surface area contributed by atoms with Crippen LogP contribution in [-0.2, 0) is 9.59 Å². The van der Waals surface area contributed by atoms with Crippen LogP contribution in [0.5, 0.6) is 0 Å². The lowest BCUT2D eigenvalue weighted by molar-refractivity contribution is -0.142. The van der Waals surface area contributed by atoms with Crippen LogP contribution in [0, 0.1) is 11.8 Å². The summed E-state index contributed by atoms with van der Waals surface area (Å²) in [4.78, 5) is 46.8. The van der Waals surface area contributed by atoms with Crippen molar-refractivity contribution in [1.82, 2.24) is 9.88 Å². The Morgan fingerprint density at radius 2 is 1.68 bits per heavy atom. The average molecular weight is 621 g/mol. The fourth-order valence-corrected chi connectivity index (χ4v) is 5.87. The molecule has 0 atom stereocenters. The van der Waals surface area contributed by atoms with E-state index in [4.69, 9.17) is 28.9 Å². The highest BCUT2D eigenvalue weighted by molar-refractivity contribution is 6.39. The molecule has 0 aliphatic heterocycles. The van der Waals surface area contributed by atoms with E-state index in [2.05, 4.69) is 9.98 Å². The van der Waals surface area contributed by atoms with Gasteiger partial charge in [-0.25, -0.2) is 0 Å². The zero-order chi connectivity index (χ0) is 30.5. The molecule has 0 bridgehead atoms. The number of nitrogens with zero attached hydrogens (tertiary/aromatic N) is 3. The molecule has 0 spiro atoms. The van der Waals surface area contributed by atoms with Crippen molar-refractivity contribution >= 4 is 46.6 Å². The van der Waals surface area contributed by atoms with Gasteiger partial charge in [-0.15, -0.1) is 0 Å². The van der Waals surface area contributed by atoms with Gasteiger partial charge in [0, 0.05) is 25.1 Å². The topological polar surface area (TPSA) is 146 Å². The first-order valence-electron chi connectivity index (χ1n) is 13.3. The molecule has 2 fully saturated rings. The minimum absolute atomic E-state index is 0.0762. The molecule has 1 aromatic rings. The average Bonchev–Trinajstić information content (AvgIpc) is 2.88. The first-order chi connectivity index (χ1) is 19.1. The first-order valence-corrected chi connectivity index (χ1v) is 14.0. The van der Waals surface area contributed by atoms with Crippen LogP contribution in [0.1, 0.15) is 68.6 Å². The predicted molar refractivity (Wildman–Crippen MR) is 147 cm³/mol. The molecular formula is C27H33Cl2F3N4O5. The second-order valence-corrected chi connectivity index (χ2v) is 11.7. The number of nitrogens with two attached hydrogens (primary N) is 1. The van der Waals surface area contributed by atoms with E-state index < -0.39 is 59.2 Å². The number of aliphatic hydroxyl groups is 1. The summed E-state index contributed by atoms with van der Waals surface area (Å²) >= 11 is 12.2. The van der Waals surface area contributed by atoms with Crippen LogP contribution in [-0.4, -0.2) is 74.4 Å². The molecule has 4 N–H and O–H groups in total. The number of hydrogen-bond acceptors (Lipinski definition) is 7. The third-order valence-corrected chi connectivity index (χ3v) is 8.27. The van der Waals surface area contributed by atoms with E-state index >= 15 is 0 Å². The highest BCUT2D eigenvalue weighted by Crippen LogP contribution is 2.34. The van der Waals surface area contributed by atoms with Crippen LogP contribution in [0.4, 0.5) is 13.2 Å². The number of alkyl halides is 3. The number of carbonyl (C=O) groups is 3. The molecule has 0 unspecified atom stereocenters. The maximum atomic E-state index is 14.3. The predicted octanol–water partition coefficient (Wildman–Crippen LogP) is 4.83. The second-order valence-electron chi connectivity index (χ2n) is 10.9. The third-order valence-electron chi connectivity index (χ3n) is 7.69. The molecule has 0 saturated heterocycles. The van der Waals surface area contributed by atoms with E-state index in [0.29, 0.717) is 31.9 Å². The SMILES string of the molecule is CC1(O)CCC(CN(CC(=O)c2c(Cl)cncc2Cl)C(=O)C(=CN)C(=NC2CCC(C(=O)O)CC2)C(F)(F)F)CC1. The van der Waals surface area contributed by atoms with Crippen LogP contribution in [0.25, 0.3) is 0 Å². The van der Waals surface area contributed by atoms with Gasteiger partial charge < -0.3 is 20.8 Å². The van der Waals surface area contributed by atoms with Gasteiger partial charge in [0.25, 0.3) is 5.91 Å². The van der Waals surface area contributed by atoms with Crippen molar-refractivity contribution in [2.75, 3.05) is 13.1 Å². The van der Waals surface area contributed by atoms with E-state index in [-0.39, 0.29) is 53.8 Å². The molecule has 2 aliphatic carbocycles. The molecule has 2 aliphatic rings. The Kier molecular flexibility index (Phi) is 10.8. The summed E-state index contributed by atoms with van der Waals surface area (Å²) in [6.45, 7) is 0.975. The van der Waals surface area contributed by atoms with Crippen LogP contribution in [0.15, 0.2) is 29.2 Å². The Labute approximate surface area is 245 Å². The lowest BCUT2D eigenvalue weighted by Crippen LogP contribution is -2.45. The molecular weight excluding hydrogens is 588 g/mol. The molecule has 0 radical (unpaired) electrons. The van der Waals surface area contributed by atoms with Crippen LogP contribution >= 0.6 is 23.2 Å². The summed E-state index contributed by atoms with van der Waals surface area (Å²) in [5, 5.41) is 19.4. The van der Waals surface area contributed by atoms with Crippen molar-refractivity contribution in [3.8, 4) is 0 Å². The Balaban J connectivity index is 1.93. The molecule has 41 heavy (non-hydrogen) atoms. The zero-order valence-corrected chi connectivity index (χ0v) is 24.0. The number of rotatable bonds is 9. The Morgan fingerprint density at radius 1 is 1.12 bits per heavy atom. The second kappa shape index (κ2) is 13.5. The van der Waals surface area contributed by atoms with Gasteiger partial charge in [0.1, 0.15) is 0 Å². The summed E-state index contributed by atoms with van der Waals surface area (Å²) in [5.74, 6) is -3.72. The minimum Gasteiger partial charge on any atom is -0.481 e. The van der Waals surface area contributed by atoms with Gasteiger partial charge in [0.05, 0.1) is 45.3 Å². The van der Waals surface area contributed by atoms with Crippen molar-refractivity contribution in [2.45, 2.75) is 76.1 Å². The number of pyridine rings is 1. The van der Waals surface area contributed by atoms with Crippen LogP contribution in [0.3, 0.4) is 0 Å². The summed E-state index contributed by atoms with van der Waals surface area (Å²) in [5.41, 5.74) is 2.19. The maximum Gasteiger partial charge on any atom is 0.433 e. The number of amides is 1. The van der Waals surface area contributed by atoms with Crippen LogP contribution in [0.2, 0.25) is 10.0 Å². The van der Waals surface area contributed by atoms with Crippen molar-refractivity contribution in [2.24, 2.45) is 22.6 Å². The largest absolute Gasteiger partial charge is 0.481 e. The number of ketones is 1. The highest BCUT2D eigenvalue weighted by atomic mass is 35.5. The highest BCUT2D eigenvalue weighted by Gasteiger charge is 2.43. The molecule has 1 heterocycles. The normalized spacial score (nSPS) is 26.0. The molecule has 3 rings (SSSR count). The molecule has 1 aromatic heterocycles. The van der Waals surface area contributed by atoms with E-state index in [1.165, 1.54) is 12.4 Å². The Bertz CT molecular complexity index is 1180. The number of hydrogen-bond donors (Lipinski definition) is 3. The monoisotopic (exact) mass is 620 g/mol. The Hall–Kier alpha value is -2.70. The van der Waals surface area contributed by atoms with Gasteiger partial charge in [0.15, 0.2) is 11.5 Å². The van der Waals surface area contributed by atoms with Gasteiger partial charge in [-0.2, -0.15) is 13.2 Å². The molecule has 0 aromatic carbocycles. The van der Waals surface area contributed by atoms with Crippen LogP contribution < -0.4 is 5.73 Å². The standard InChI is InChI=1S/C27H33Cl2F3N4O5/c1-26(41)8-6-15(7-9-26)13-36(14-21(37)22-19(28)11-34-12-20(22)29)24(38)18(10-33)23(27(30,31)32)35-17-4-2-16(3-5-17)25(39)40/h10-12,15-17,41H,2-9,13-14,33H2,1H3,(H,39,40). The first kappa shape index (κ1) is 32.8. The number of Topliss-reactive ketones (excluding diaryl/α,β-unsaturated/α-hetero) is 1. The van der Waals surface area contributed by atoms with E-state index in [1.807, 2.05) is 0 Å². The van der Waals surface area contributed by atoms with E-state index in [1.54, 1.807) is 6.92 Å². The lowest BCUT2D eigenvalue weighted by atomic mass is 9.79. The fourth-order valence-electron chi connectivity index (χ4n) is 5.29. The van der Waals surface area contributed by atoms with Crippen molar-refractivity contribution in [1.29, 1.82) is 0 Å². The summed E-state index contributed by atoms with van der Waals surface area (Å²) in [6.07, 6.45) is 0.184. The third kappa shape index (κ3) is 8.65. The number of aliphatic carboxylic acids is 1. The molecule has 2 saturated carbocycles. The van der Waals surface area contributed by atoms with E-state index in [0.717, 1.165) is 4.90 Å². The van der Waals surface area contributed by atoms with Crippen molar-refractivity contribution in [3.05, 3.63) is 39.8 Å². The number of carbonyl (C=O) groups excluding carboxylic acids is 2. The van der Waals surface area contributed by atoms with Gasteiger partial charge in [-0.05, 0) is 64.2 Å². The fraction of sp³-hybridized carbons (Fsp3) is 0.593. The number of halogens is 5. The maximum absolute atomic E-state index is 14.3. The number of carboxylic acids is 1. The number of aliphatic imine (C=N–C) groups is 1. The lowest BCUT2D eigenvalue weighted by Gasteiger charge is -2.36. The quantitative estimate of drug-likeness (QED) is 0.203. The summed E-state index contributed by atoms with van der Waals surface area (Å²) < 4.78 is 42.9. The van der Waals surface area contributed by atoms with Crippen molar-refractivity contribution in [3.63, 3.8) is 0 Å². The molecule has 1 amide bonds. The van der Waals surface area contributed by atoms with Gasteiger partial charge >= 0.3 is 12.1 Å². The number of carboxylic acid groups (broad SMARTS) is 1. The summed E-state index contributed by atoms with van der Waals surface area (Å²) in [7, 11) is 0. The molecule has 226 valence electrons. The zero-order valence-electron chi connectivity index (χ0n) is 22.5. The van der Waals surface area contributed by atoms with Gasteiger partial charge in [-0.1, -0.05) is 23.2 Å². The molecule has 9 nitrogen and oxygen atoms in total. The van der Waals surface area contributed by atoms with Gasteiger partial charge in [-0.3, -0.25) is 24.4 Å². The van der Waals surface area contributed by atoms with Crippen molar-refractivity contribution < 1.29 is 37.8 Å².